The summed E-state index contributed by atoms with van der Waals surface area (Å²) in [5, 5.41) is 2.28. The first-order valence-electron chi connectivity index (χ1n) is 22.9. The van der Waals surface area contributed by atoms with Gasteiger partial charge in [-0.05, 0) is 149 Å². The third-order valence-corrected chi connectivity index (χ3v) is 14.7. The molecule has 3 atom stereocenters. The first-order chi connectivity index (χ1) is 31.7. The van der Waals surface area contributed by atoms with E-state index in [2.05, 4.69) is 228 Å². The lowest BCUT2D eigenvalue weighted by atomic mass is 9.68. The van der Waals surface area contributed by atoms with Gasteiger partial charge >= 0.3 is 0 Å². The van der Waals surface area contributed by atoms with Crippen molar-refractivity contribution in [2.75, 3.05) is 9.80 Å². The molecule has 0 aliphatic heterocycles. The molecule has 0 amide bonds. The molecule has 306 valence electrons. The Balaban J connectivity index is 1.03. The van der Waals surface area contributed by atoms with E-state index in [0.29, 0.717) is 11.8 Å². The Bertz CT molecular complexity index is 3310. The summed E-state index contributed by atoms with van der Waals surface area (Å²) in [6.07, 6.45) is 4.62. The van der Waals surface area contributed by atoms with Gasteiger partial charge in [-0.1, -0.05) is 146 Å². The molecule has 0 radical (unpaired) electrons. The average Bonchev–Trinajstić information content (AvgIpc) is 4.10. The SMILES string of the molecule is c1ccc(-c2ccccc2-c2ccc(N(c3ccc4c(c3)oc3ccccc34)c3cccc4c3C35c6c(cccc6N(c6ccccc6)c6ccccc6)CC3CCC5C4)cc2)cc1. The number of hydrogen-bond acceptors (Lipinski definition) is 3. The molecule has 1 aromatic heterocycles. The van der Waals surface area contributed by atoms with Crippen LogP contribution in [0.3, 0.4) is 0 Å². The Morgan fingerprint density at radius 1 is 0.375 bits per heavy atom. The zero-order valence-electron chi connectivity index (χ0n) is 35.6. The van der Waals surface area contributed by atoms with Crippen LogP contribution in [0.4, 0.5) is 34.1 Å². The second-order valence-corrected chi connectivity index (χ2v) is 18.0. The Kier molecular flexibility index (Phi) is 8.52. The molecule has 0 bridgehead atoms. The molecule has 0 saturated heterocycles. The molecule has 13 rings (SSSR count). The van der Waals surface area contributed by atoms with E-state index in [9.17, 15) is 0 Å². The highest BCUT2D eigenvalue weighted by molar-refractivity contribution is 6.06. The molecule has 3 aliphatic rings. The van der Waals surface area contributed by atoms with Crippen molar-refractivity contribution < 1.29 is 4.42 Å². The minimum Gasteiger partial charge on any atom is -0.456 e. The van der Waals surface area contributed by atoms with Gasteiger partial charge < -0.3 is 14.2 Å². The van der Waals surface area contributed by atoms with Gasteiger partial charge in [0.1, 0.15) is 11.2 Å². The first-order valence-corrected chi connectivity index (χ1v) is 22.9. The maximum absolute atomic E-state index is 6.62. The van der Waals surface area contributed by atoms with Crippen molar-refractivity contribution in [3.63, 3.8) is 0 Å². The predicted octanol–water partition coefficient (Wildman–Crippen LogP) is 16.3. The lowest BCUT2D eigenvalue weighted by Crippen LogP contribution is -2.34. The van der Waals surface area contributed by atoms with E-state index in [-0.39, 0.29) is 5.41 Å². The van der Waals surface area contributed by atoms with Crippen molar-refractivity contribution in [2.45, 2.75) is 31.1 Å². The van der Waals surface area contributed by atoms with Crippen LogP contribution in [0.25, 0.3) is 44.2 Å². The molecule has 9 aromatic carbocycles. The third-order valence-electron chi connectivity index (χ3n) is 14.7. The standard InChI is InChI=1S/C61H46N2O/c1-4-16-41(17-5-1)51-24-10-11-25-52(51)42-30-34-49(35-31-42)63(50-36-37-54-53-26-12-13-29-57(53)64-58(54)40-50)56-28-15-19-44-39-46-33-32-45-38-43-18-14-27-55(59(43)61(45,46)60(44)56)62(47-20-6-2-7-21-47)48-22-8-3-9-23-48/h1-31,34-37,40,45-46H,32-33,38-39H2. The Morgan fingerprint density at radius 2 is 0.844 bits per heavy atom. The summed E-state index contributed by atoms with van der Waals surface area (Å²) in [6, 6.07) is 80.2. The van der Waals surface area contributed by atoms with Crippen molar-refractivity contribution in [1.29, 1.82) is 0 Å². The van der Waals surface area contributed by atoms with E-state index >= 15 is 0 Å². The van der Waals surface area contributed by atoms with Crippen LogP contribution in [0.1, 0.15) is 35.1 Å². The predicted molar refractivity (Wildman–Crippen MR) is 265 cm³/mol. The molecule has 3 aliphatic carbocycles. The highest BCUT2D eigenvalue weighted by Gasteiger charge is 2.62. The van der Waals surface area contributed by atoms with E-state index in [4.69, 9.17) is 4.42 Å². The van der Waals surface area contributed by atoms with E-state index in [1.165, 1.54) is 80.1 Å². The number of para-hydroxylation sites is 3. The van der Waals surface area contributed by atoms with Crippen LogP contribution >= 0.6 is 0 Å². The van der Waals surface area contributed by atoms with Gasteiger partial charge in [-0.2, -0.15) is 0 Å². The zero-order valence-corrected chi connectivity index (χ0v) is 35.6. The number of benzene rings is 9. The number of hydrogen-bond donors (Lipinski definition) is 0. The van der Waals surface area contributed by atoms with Gasteiger partial charge in [0.25, 0.3) is 0 Å². The number of anilines is 6. The monoisotopic (exact) mass is 822 g/mol. The Labute approximate surface area is 374 Å². The van der Waals surface area contributed by atoms with Crippen molar-refractivity contribution in [1.82, 2.24) is 0 Å². The van der Waals surface area contributed by atoms with Gasteiger partial charge in [-0.25, -0.2) is 0 Å². The van der Waals surface area contributed by atoms with Gasteiger partial charge in [0.15, 0.2) is 0 Å². The highest BCUT2D eigenvalue weighted by atomic mass is 16.3. The van der Waals surface area contributed by atoms with Gasteiger partial charge in [0, 0.05) is 45.0 Å². The number of rotatable bonds is 8. The molecule has 1 saturated carbocycles. The maximum Gasteiger partial charge on any atom is 0.137 e. The van der Waals surface area contributed by atoms with Gasteiger partial charge in [-0.15, -0.1) is 0 Å². The normalized spacial score (nSPS) is 18.1. The molecule has 1 spiro atoms. The second kappa shape index (κ2) is 14.7. The van der Waals surface area contributed by atoms with Crippen LogP contribution in [0.5, 0.6) is 0 Å². The first kappa shape index (κ1) is 37.0. The third kappa shape index (κ3) is 5.60. The number of nitrogens with zero attached hydrogens (tertiary/aromatic N) is 2. The number of furan rings is 1. The molecular formula is C61H46N2O. The van der Waals surface area contributed by atoms with E-state index < -0.39 is 0 Å². The largest absolute Gasteiger partial charge is 0.456 e. The van der Waals surface area contributed by atoms with Crippen molar-refractivity contribution in [3.05, 3.63) is 241 Å². The Hall–Kier alpha value is -7.62. The average molecular weight is 823 g/mol. The summed E-state index contributed by atoms with van der Waals surface area (Å²) >= 11 is 0. The van der Waals surface area contributed by atoms with E-state index in [1.54, 1.807) is 0 Å². The van der Waals surface area contributed by atoms with E-state index in [0.717, 1.165) is 46.2 Å². The summed E-state index contributed by atoms with van der Waals surface area (Å²) in [5.74, 6) is 1.00. The van der Waals surface area contributed by atoms with Crippen molar-refractivity contribution in [2.24, 2.45) is 11.8 Å². The fraction of sp³-hybridized carbons (Fsp3) is 0.115. The van der Waals surface area contributed by atoms with Crippen LogP contribution in [-0.2, 0) is 18.3 Å². The topological polar surface area (TPSA) is 19.6 Å². The van der Waals surface area contributed by atoms with Crippen LogP contribution in [0.15, 0.2) is 223 Å². The quantitative estimate of drug-likeness (QED) is 0.152. The summed E-state index contributed by atoms with van der Waals surface area (Å²) < 4.78 is 6.62. The summed E-state index contributed by atoms with van der Waals surface area (Å²) in [5.41, 5.74) is 19.6. The van der Waals surface area contributed by atoms with Crippen LogP contribution in [0, 0.1) is 11.8 Å². The molecule has 3 heteroatoms. The van der Waals surface area contributed by atoms with Crippen LogP contribution in [-0.4, -0.2) is 0 Å². The molecular weight excluding hydrogens is 777 g/mol. The summed E-state index contributed by atoms with van der Waals surface area (Å²) in [4.78, 5) is 5.06. The summed E-state index contributed by atoms with van der Waals surface area (Å²) in [6.45, 7) is 0. The van der Waals surface area contributed by atoms with E-state index in [1.807, 2.05) is 0 Å². The van der Waals surface area contributed by atoms with Crippen molar-refractivity contribution >= 4 is 56.1 Å². The lowest BCUT2D eigenvalue weighted by molar-refractivity contribution is 0.350. The molecule has 1 heterocycles. The Morgan fingerprint density at radius 3 is 1.45 bits per heavy atom. The van der Waals surface area contributed by atoms with Crippen molar-refractivity contribution in [3.8, 4) is 22.3 Å². The highest BCUT2D eigenvalue weighted by Crippen LogP contribution is 2.69. The molecule has 0 N–H and O–H groups in total. The van der Waals surface area contributed by atoms with Crippen LogP contribution < -0.4 is 9.80 Å². The minimum atomic E-state index is -0.157. The molecule has 64 heavy (non-hydrogen) atoms. The number of fused-ring (bicyclic) bond motifs is 5. The molecule has 3 unspecified atom stereocenters. The maximum atomic E-state index is 6.62. The zero-order chi connectivity index (χ0) is 42.2. The second-order valence-electron chi connectivity index (χ2n) is 18.0. The smallest absolute Gasteiger partial charge is 0.137 e. The molecule has 3 nitrogen and oxygen atoms in total. The molecule has 10 aromatic rings. The molecule has 1 fully saturated rings. The van der Waals surface area contributed by atoms with Gasteiger partial charge in [0.2, 0.25) is 0 Å². The summed E-state index contributed by atoms with van der Waals surface area (Å²) in [7, 11) is 0. The minimum absolute atomic E-state index is 0.157. The fourth-order valence-corrected chi connectivity index (χ4v) is 12.3. The van der Waals surface area contributed by atoms with Gasteiger partial charge in [0.05, 0.1) is 11.4 Å². The van der Waals surface area contributed by atoms with Gasteiger partial charge in [-0.3, -0.25) is 0 Å². The lowest BCUT2D eigenvalue weighted by Gasteiger charge is -2.40. The fourth-order valence-electron chi connectivity index (χ4n) is 12.3. The van der Waals surface area contributed by atoms with Crippen LogP contribution in [0.2, 0.25) is 0 Å².